The Bertz CT molecular complexity index is 296. The van der Waals surface area contributed by atoms with Crippen molar-refractivity contribution in [2.45, 2.75) is 31.4 Å². The third-order valence-electron chi connectivity index (χ3n) is 2.89. The Kier molecular flexibility index (Phi) is 3.75. The van der Waals surface area contributed by atoms with E-state index in [1.807, 2.05) is 0 Å². The first-order valence-electron chi connectivity index (χ1n) is 5.81. The number of ether oxygens (including phenoxy) is 1. The van der Waals surface area contributed by atoms with Crippen LogP contribution in [0.2, 0.25) is 0 Å². The fourth-order valence-corrected chi connectivity index (χ4v) is 1.77. The van der Waals surface area contributed by atoms with Crippen molar-refractivity contribution >= 4 is 5.91 Å². The van der Waals surface area contributed by atoms with Crippen LogP contribution in [0.15, 0.2) is 0 Å². The fourth-order valence-electron chi connectivity index (χ4n) is 1.77. The van der Waals surface area contributed by atoms with Crippen molar-refractivity contribution in [3.63, 3.8) is 0 Å². The molecule has 1 aliphatic carbocycles. The van der Waals surface area contributed by atoms with Gasteiger partial charge in [-0.3, -0.25) is 9.69 Å². The Hall–Kier alpha value is -1.12. The summed E-state index contributed by atoms with van der Waals surface area (Å²) in [7, 11) is 0. The van der Waals surface area contributed by atoms with E-state index in [0.29, 0.717) is 25.6 Å². The molecule has 1 aliphatic heterocycles. The molecule has 16 heavy (non-hydrogen) atoms. The highest BCUT2D eigenvalue weighted by Crippen LogP contribution is 2.18. The molecule has 1 amide bonds. The fraction of sp³-hybridized carbons (Fsp3) is 0.818. The topological polar surface area (TPSA) is 65.4 Å². The van der Waals surface area contributed by atoms with Gasteiger partial charge in [0, 0.05) is 32.1 Å². The van der Waals surface area contributed by atoms with Crippen molar-refractivity contribution in [1.29, 1.82) is 5.26 Å². The molecular formula is C11H17N3O2. The van der Waals surface area contributed by atoms with E-state index in [2.05, 4.69) is 16.3 Å². The normalized spacial score (nSPS) is 26.1. The Balaban J connectivity index is 1.64. The number of hydrogen-bond acceptors (Lipinski definition) is 4. The van der Waals surface area contributed by atoms with Crippen LogP contribution in [0.1, 0.15) is 19.3 Å². The summed E-state index contributed by atoms with van der Waals surface area (Å²) in [6.07, 6.45) is 2.44. The Labute approximate surface area is 95.4 Å². The van der Waals surface area contributed by atoms with E-state index in [0.717, 1.165) is 25.9 Å². The van der Waals surface area contributed by atoms with Crippen molar-refractivity contribution in [2.24, 2.45) is 0 Å². The minimum Gasteiger partial charge on any atom is -0.361 e. The van der Waals surface area contributed by atoms with E-state index in [1.165, 1.54) is 0 Å². The summed E-state index contributed by atoms with van der Waals surface area (Å²) in [5.74, 6) is 0.127. The second kappa shape index (κ2) is 5.28. The number of morpholine rings is 1. The van der Waals surface area contributed by atoms with Gasteiger partial charge in [-0.05, 0) is 12.8 Å². The minimum atomic E-state index is -0.333. The van der Waals surface area contributed by atoms with Crippen LogP contribution < -0.4 is 5.32 Å². The highest BCUT2D eigenvalue weighted by Gasteiger charge is 2.24. The maximum Gasteiger partial charge on any atom is 0.221 e. The van der Waals surface area contributed by atoms with Crippen LogP contribution in [0.3, 0.4) is 0 Å². The third-order valence-corrected chi connectivity index (χ3v) is 2.89. The maximum absolute atomic E-state index is 11.5. The van der Waals surface area contributed by atoms with Gasteiger partial charge in [0.2, 0.25) is 5.91 Å². The summed E-state index contributed by atoms with van der Waals surface area (Å²) >= 11 is 0. The summed E-state index contributed by atoms with van der Waals surface area (Å²) in [5.41, 5.74) is 0. The number of nitrogens with one attached hydrogen (secondary N) is 1. The molecule has 1 N–H and O–H groups in total. The zero-order valence-corrected chi connectivity index (χ0v) is 9.32. The van der Waals surface area contributed by atoms with Crippen molar-refractivity contribution < 1.29 is 9.53 Å². The van der Waals surface area contributed by atoms with E-state index >= 15 is 0 Å². The Morgan fingerprint density at radius 3 is 3.06 bits per heavy atom. The largest absolute Gasteiger partial charge is 0.361 e. The van der Waals surface area contributed by atoms with Crippen LogP contribution in [0.25, 0.3) is 0 Å². The molecule has 0 aromatic rings. The van der Waals surface area contributed by atoms with Gasteiger partial charge >= 0.3 is 0 Å². The lowest BCUT2D eigenvalue weighted by molar-refractivity contribution is -0.121. The lowest BCUT2D eigenvalue weighted by Crippen LogP contribution is -2.43. The van der Waals surface area contributed by atoms with Crippen LogP contribution in [0.4, 0.5) is 0 Å². The molecule has 0 spiro atoms. The lowest BCUT2D eigenvalue weighted by Gasteiger charge is -2.29. The molecule has 1 saturated heterocycles. The van der Waals surface area contributed by atoms with Gasteiger partial charge in [0.05, 0.1) is 12.7 Å². The summed E-state index contributed by atoms with van der Waals surface area (Å²) in [6.45, 7) is 2.74. The molecule has 2 aliphatic rings. The number of carbonyl (C=O) groups excluding carboxylic acids is 1. The standard InChI is InChI=1S/C11H17N3O2/c12-7-10-8-14(5-6-16-10)4-3-11(15)13-9-1-2-9/h9-10H,1-6,8H2,(H,13,15). The zero-order valence-electron chi connectivity index (χ0n) is 9.32. The van der Waals surface area contributed by atoms with Gasteiger partial charge in [-0.15, -0.1) is 0 Å². The quantitative estimate of drug-likeness (QED) is 0.721. The first-order valence-corrected chi connectivity index (χ1v) is 5.81. The van der Waals surface area contributed by atoms with Gasteiger partial charge in [0.25, 0.3) is 0 Å². The average molecular weight is 223 g/mol. The lowest BCUT2D eigenvalue weighted by atomic mass is 10.2. The van der Waals surface area contributed by atoms with Crippen molar-refractivity contribution in [1.82, 2.24) is 10.2 Å². The predicted octanol–water partition coefficient (Wildman–Crippen LogP) is -0.121. The Morgan fingerprint density at radius 2 is 2.38 bits per heavy atom. The molecule has 2 rings (SSSR count). The average Bonchev–Trinajstić information content (AvgIpc) is 3.10. The summed E-state index contributed by atoms with van der Waals surface area (Å²) < 4.78 is 5.24. The molecule has 1 saturated carbocycles. The molecule has 0 aromatic heterocycles. The van der Waals surface area contributed by atoms with Crippen LogP contribution in [0, 0.1) is 11.3 Å². The van der Waals surface area contributed by atoms with Gasteiger partial charge in [0.1, 0.15) is 0 Å². The molecule has 88 valence electrons. The molecule has 1 unspecified atom stereocenters. The van der Waals surface area contributed by atoms with Gasteiger partial charge in [0.15, 0.2) is 6.10 Å². The minimum absolute atomic E-state index is 0.127. The second-order valence-corrected chi connectivity index (χ2v) is 4.38. The number of nitriles is 1. The Morgan fingerprint density at radius 1 is 1.56 bits per heavy atom. The van der Waals surface area contributed by atoms with E-state index < -0.39 is 0 Å². The van der Waals surface area contributed by atoms with Gasteiger partial charge in [-0.2, -0.15) is 5.26 Å². The summed E-state index contributed by atoms with van der Waals surface area (Å²) in [5, 5.41) is 11.7. The van der Waals surface area contributed by atoms with Gasteiger partial charge < -0.3 is 10.1 Å². The first kappa shape index (κ1) is 11.4. The van der Waals surface area contributed by atoms with Crippen LogP contribution in [-0.4, -0.2) is 49.2 Å². The number of amides is 1. The maximum atomic E-state index is 11.5. The molecule has 0 aromatic carbocycles. The molecule has 2 fully saturated rings. The van der Waals surface area contributed by atoms with Crippen LogP contribution >= 0.6 is 0 Å². The molecular weight excluding hydrogens is 206 g/mol. The second-order valence-electron chi connectivity index (χ2n) is 4.38. The van der Waals surface area contributed by atoms with Gasteiger partial charge in [-0.1, -0.05) is 0 Å². The summed E-state index contributed by atoms with van der Waals surface area (Å²) in [6, 6.07) is 2.53. The molecule has 5 heteroatoms. The monoisotopic (exact) mass is 223 g/mol. The molecule has 0 radical (unpaired) electrons. The molecule has 5 nitrogen and oxygen atoms in total. The third kappa shape index (κ3) is 3.47. The van der Waals surface area contributed by atoms with Crippen LogP contribution in [-0.2, 0) is 9.53 Å². The number of hydrogen-bond donors (Lipinski definition) is 1. The van der Waals surface area contributed by atoms with Crippen molar-refractivity contribution in [3.05, 3.63) is 0 Å². The first-order chi connectivity index (χ1) is 7.78. The van der Waals surface area contributed by atoms with E-state index in [-0.39, 0.29) is 12.0 Å². The summed E-state index contributed by atoms with van der Waals surface area (Å²) in [4.78, 5) is 13.6. The van der Waals surface area contributed by atoms with Crippen molar-refractivity contribution in [3.8, 4) is 6.07 Å². The SMILES string of the molecule is N#CC1CN(CCC(=O)NC2CC2)CCO1. The predicted molar refractivity (Wildman–Crippen MR) is 57.6 cm³/mol. The number of carbonyl (C=O) groups is 1. The molecule has 1 heterocycles. The molecule has 1 atom stereocenters. The smallest absolute Gasteiger partial charge is 0.221 e. The highest BCUT2D eigenvalue weighted by atomic mass is 16.5. The molecule has 0 bridgehead atoms. The number of rotatable bonds is 4. The van der Waals surface area contributed by atoms with E-state index in [1.54, 1.807) is 0 Å². The number of nitrogens with zero attached hydrogens (tertiary/aromatic N) is 2. The van der Waals surface area contributed by atoms with Crippen molar-refractivity contribution in [2.75, 3.05) is 26.2 Å². The van der Waals surface area contributed by atoms with E-state index in [4.69, 9.17) is 10.00 Å². The van der Waals surface area contributed by atoms with E-state index in [9.17, 15) is 4.79 Å². The highest BCUT2D eigenvalue weighted by molar-refractivity contribution is 5.76. The zero-order chi connectivity index (χ0) is 11.4. The van der Waals surface area contributed by atoms with Crippen LogP contribution in [0.5, 0.6) is 0 Å². The van der Waals surface area contributed by atoms with Gasteiger partial charge in [-0.25, -0.2) is 0 Å².